The van der Waals surface area contributed by atoms with E-state index in [2.05, 4.69) is 24.3 Å². The molecule has 1 aromatic heterocycles. The number of amides is 1. The Bertz CT molecular complexity index is 412. The second kappa shape index (κ2) is 6.78. The van der Waals surface area contributed by atoms with E-state index in [1.165, 1.54) is 17.1 Å². The van der Waals surface area contributed by atoms with Gasteiger partial charge in [0.25, 0.3) is 0 Å². The molecule has 0 aliphatic rings. The highest BCUT2D eigenvalue weighted by Crippen LogP contribution is 1.99. The number of aryl methyl sites for hydroxylation is 1. The van der Waals surface area contributed by atoms with Crippen molar-refractivity contribution in [2.24, 2.45) is 5.92 Å². The third-order valence-electron chi connectivity index (χ3n) is 2.49. The summed E-state index contributed by atoms with van der Waals surface area (Å²) < 4.78 is 1.46. The molecule has 0 atom stereocenters. The van der Waals surface area contributed by atoms with Gasteiger partial charge in [-0.05, 0) is 12.3 Å². The number of nitrogens with one attached hydrogen (secondary N) is 1. The molecule has 100 valence electrons. The minimum absolute atomic E-state index is 0.0389. The fraction of sp³-hybridized carbons (Fsp3) is 0.583. The van der Waals surface area contributed by atoms with Gasteiger partial charge in [0.2, 0.25) is 5.91 Å². The van der Waals surface area contributed by atoms with E-state index in [9.17, 15) is 9.59 Å². The molecule has 0 saturated heterocycles. The summed E-state index contributed by atoms with van der Waals surface area (Å²) in [5.41, 5.74) is 0.134. The van der Waals surface area contributed by atoms with E-state index in [1.54, 1.807) is 0 Å². The lowest BCUT2D eigenvalue weighted by molar-refractivity contribution is -0.121. The van der Waals surface area contributed by atoms with Crippen LogP contribution in [0, 0.1) is 5.92 Å². The molecule has 0 aliphatic carbocycles. The van der Waals surface area contributed by atoms with Crippen molar-refractivity contribution in [1.29, 1.82) is 0 Å². The smallest absolute Gasteiger partial charge is 0.338 e. The summed E-state index contributed by atoms with van der Waals surface area (Å²) in [7, 11) is 0. The van der Waals surface area contributed by atoms with Crippen LogP contribution in [0.15, 0.2) is 12.4 Å². The second-order valence-corrected chi connectivity index (χ2v) is 4.58. The molecule has 0 saturated carbocycles. The predicted octanol–water partition coefficient (Wildman–Crippen LogP) is 1.13. The van der Waals surface area contributed by atoms with Crippen LogP contribution in [0.2, 0.25) is 0 Å². The summed E-state index contributed by atoms with van der Waals surface area (Å²) >= 11 is 0. The highest BCUT2D eigenvalue weighted by molar-refractivity contribution is 5.86. The lowest BCUT2D eigenvalue weighted by Crippen LogP contribution is -2.26. The van der Waals surface area contributed by atoms with Gasteiger partial charge in [-0.1, -0.05) is 13.8 Å². The van der Waals surface area contributed by atoms with E-state index in [1.807, 2.05) is 0 Å². The molecule has 1 rings (SSSR count). The van der Waals surface area contributed by atoms with E-state index in [0.29, 0.717) is 25.4 Å². The number of carbonyl (C=O) groups is 2. The molecule has 2 N–H and O–H groups in total. The first-order chi connectivity index (χ1) is 8.49. The summed E-state index contributed by atoms with van der Waals surface area (Å²) in [4.78, 5) is 22.1. The van der Waals surface area contributed by atoms with Gasteiger partial charge >= 0.3 is 5.97 Å². The van der Waals surface area contributed by atoms with E-state index >= 15 is 0 Å². The van der Waals surface area contributed by atoms with Crippen LogP contribution in [0.25, 0.3) is 0 Å². The van der Waals surface area contributed by atoms with Gasteiger partial charge in [-0.3, -0.25) is 9.48 Å². The van der Waals surface area contributed by atoms with Gasteiger partial charge in [0.15, 0.2) is 0 Å². The number of carboxylic acid groups (broad SMARTS) is 1. The Hall–Kier alpha value is -1.85. The zero-order valence-corrected chi connectivity index (χ0v) is 10.7. The molecule has 1 aromatic rings. The molecule has 0 aromatic carbocycles. The summed E-state index contributed by atoms with van der Waals surface area (Å²) in [6, 6.07) is 0. The summed E-state index contributed by atoms with van der Waals surface area (Å²) in [5, 5.41) is 15.4. The third kappa shape index (κ3) is 4.99. The summed E-state index contributed by atoms with van der Waals surface area (Å²) in [6.07, 6.45) is 3.96. The monoisotopic (exact) mass is 253 g/mol. The largest absolute Gasteiger partial charge is 0.478 e. The molecule has 6 heteroatoms. The summed E-state index contributed by atoms with van der Waals surface area (Å²) in [6.45, 7) is 5.27. The Morgan fingerprint density at radius 1 is 1.50 bits per heavy atom. The molecule has 0 unspecified atom stereocenters. The van der Waals surface area contributed by atoms with Crippen LogP contribution in [0.4, 0.5) is 0 Å². The molecule has 18 heavy (non-hydrogen) atoms. The number of aromatic carboxylic acids is 1. The average Bonchev–Trinajstić information content (AvgIpc) is 2.74. The number of hydrogen-bond acceptors (Lipinski definition) is 3. The van der Waals surface area contributed by atoms with E-state index in [-0.39, 0.29) is 11.5 Å². The van der Waals surface area contributed by atoms with Gasteiger partial charge in [-0.2, -0.15) is 5.10 Å². The highest BCUT2D eigenvalue weighted by atomic mass is 16.4. The Balaban J connectivity index is 2.27. The van der Waals surface area contributed by atoms with Gasteiger partial charge < -0.3 is 10.4 Å². The topological polar surface area (TPSA) is 84.2 Å². The van der Waals surface area contributed by atoms with Crippen molar-refractivity contribution in [2.45, 2.75) is 33.2 Å². The molecular formula is C12H19N3O3. The normalized spacial score (nSPS) is 10.6. The number of nitrogens with zero attached hydrogens (tertiary/aromatic N) is 2. The Morgan fingerprint density at radius 2 is 2.22 bits per heavy atom. The Morgan fingerprint density at radius 3 is 2.78 bits per heavy atom. The zero-order valence-electron chi connectivity index (χ0n) is 10.7. The maximum atomic E-state index is 11.5. The Kier molecular flexibility index (Phi) is 5.35. The molecule has 0 aliphatic heterocycles. The fourth-order valence-electron chi connectivity index (χ4n) is 1.40. The fourth-order valence-corrected chi connectivity index (χ4v) is 1.40. The lowest BCUT2D eigenvalue weighted by Gasteiger charge is -2.07. The maximum absolute atomic E-state index is 11.5. The zero-order chi connectivity index (χ0) is 13.5. The second-order valence-electron chi connectivity index (χ2n) is 4.58. The minimum Gasteiger partial charge on any atom is -0.478 e. The standard InChI is InChI=1S/C12H19N3O3/c1-9(2)3-5-13-11(16)4-6-15-8-10(7-14-15)12(17)18/h7-9H,3-6H2,1-2H3,(H,13,16)(H,17,18). The van der Waals surface area contributed by atoms with Crippen molar-refractivity contribution in [1.82, 2.24) is 15.1 Å². The van der Waals surface area contributed by atoms with E-state index in [4.69, 9.17) is 5.11 Å². The number of carboxylic acids is 1. The number of carbonyl (C=O) groups excluding carboxylic acids is 1. The first-order valence-corrected chi connectivity index (χ1v) is 6.01. The maximum Gasteiger partial charge on any atom is 0.338 e. The number of hydrogen-bond donors (Lipinski definition) is 2. The van der Waals surface area contributed by atoms with Crippen molar-refractivity contribution in [3.63, 3.8) is 0 Å². The van der Waals surface area contributed by atoms with Crippen molar-refractivity contribution in [3.8, 4) is 0 Å². The lowest BCUT2D eigenvalue weighted by atomic mass is 10.1. The van der Waals surface area contributed by atoms with Crippen LogP contribution in [0.5, 0.6) is 0 Å². The van der Waals surface area contributed by atoms with Crippen LogP contribution in [-0.4, -0.2) is 33.3 Å². The van der Waals surface area contributed by atoms with Gasteiger partial charge in [0.1, 0.15) is 0 Å². The number of rotatable bonds is 7. The van der Waals surface area contributed by atoms with Crippen LogP contribution < -0.4 is 5.32 Å². The molecule has 0 fully saturated rings. The third-order valence-corrected chi connectivity index (χ3v) is 2.49. The molecule has 0 radical (unpaired) electrons. The molecular weight excluding hydrogens is 234 g/mol. The minimum atomic E-state index is -1.01. The molecule has 0 spiro atoms. The molecule has 6 nitrogen and oxygen atoms in total. The molecule has 0 bridgehead atoms. The molecule has 1 heterocycles. The van der Waals surface area contributed by atoms with E-state index < -0.39 is 5.97 Å². The van der Waals surface area contributed by atoms with Crippen LogP contribution in [-0.2, 0) is 11.3 Å². The van der Waals surface area contributed by atoms with Gasteiger partial charge in [0.05, 0.1) is 11.8 Å². The Labute approximate surface area is 106 Å². The quantitative estimate of drug-likeness (QED) is 0.763. The summed E-state index contributed by atoms with van der Waals surface area (Å²) in [5.74, 6) is -0.486. The number of aromatic nitrogens is 2. The van der Waals surface area contributed by atoms with Crippen molar-refractivity contribution < 1.29 is 14.7 Å². The first-order valence-electron chi connectivity index (χ1n) is 6.01. The van der Waals surface area contributed by atoms with E-state index in [0.717, 1.165) is 6.42 Å². The van der Waals surface area contributed by atoms with Crippen LogP contribution in [0.3, 0.4) is 0 Å². The first kappa shape index (κ1) is 14.2. The van der Waals surface area contributed by atoms with Crippen LogP contribution in [0.1, 0.15) is 37.0 Å². The van der Waals surface area contributed by atoms with Crippen molar-refractivity contribution in [2.75, 3.05) is 6.54 Å². The highest BCUT2D eigenvalue weighted by Gasteiger charge is 2.07. The van der Waals surface area contributed by atoms with Gasteiger partial charge in [-0.15, -0.1) is 0 Å². The molecule has 1 amide bonds. The van der Waals surface area contributed by atoms with Crippen molar-refractivity contribution in [3.05, 3.63) is 18.0 Å². The average molecular weight is 253 g/mol. The SMILES string of the molecule is CC(C)CCNC(=O)CCn1cc(C(=O)O)cn1. The van der Waals surface area contributed by atoms with Crippen LogP contribution >= 0.6 is 0 Å². The van der Waals surface area contributed by atoms with Gasteiger partial charge in [0, 0.05) is 25.7 Å². The van der Waals surface area contributed by atoms with Gasteiger partial charge in [-0.25, -0.2) is 4.79 Å². The predicted molar refractivity (Wildman–Crippen MR) is 66.3 cm³/mol. The van der Waals surface area contributed by atoms with Crippen molar-refractivity contribution >= 4 is 11.9 Å².